The molecular weight excluding hydrogens is 177 g/mol. The molecule has 0 saturated heterocycles. The summed E-state index contributed by atoms with van der Waals surface area (Å²) in [6, 6.07) is 6.74. The summed E-state index contributed by atoms with van der Waals surface area (Å²) < 4.78 is 12.7. The summed E-state index contributed by atoms with van der Waals surface area (Å²) in [5.74, 6) is 0.262. The number of rotatable bonds is 3. The third kappa shape index (κ3) is 2.13. The van der Waals surface area contributed by atoms with Gasteiger partial charge in [0.15, 0.2) is 0 Å². The van der Waals surface area contributed by atoms with E-state index in [-0.39, 0.29) is 11.4 Å². The molecule has 1 atom stereocenters. The Labute approximate surface area is 84.1 Å². The molecule has 0 aromatic heterocycles. The summed E-state index contributed by atoms with van der Waals surface area (Å²) in [4.78, 5) is 0. The van der Waals surface area contributed by atoms with Crippen molar-refractivity contribution in [3.05, 3.63) is 35.6 Å². The van der Waals surface area contributed by atoms with Crippen LogP contribution < -0.4 is 5.73 Å². The number of halogens is 1. The van der Waals surface area contributed by atoms with Crippen LogP contribution in [0.2, 0.25) is 0 Å². The van der Waals surface area contributed by atoms with E-state index in [1.807, 2.05) is 12.1 Å². The van der Waals surface area contributed by atoms with Crippen molar-refractivity contribution in [1.29, 1.82) is 0 Å². The molecule has 1 saturated carbocycles. The molecule has 1 unspecified atom stereocenters. The Hall–Kier alpha value is -0.890. The van der Waals surface area contributed by atoms with E-state index in [4.69, 9.17) is 5.73 Å². The number of hydrogen-bond donors (Lipinski definition) is 1. The van der Waals surface area contributed by atoms with Crippen molar-refractivity contribution >= 4 is 0 Å². The molecule has 76 valence electrons. The molecule has 0 spiro atoms. The van der Waals surface area contributed by atoms with Crippen LogP contribution in [0, 0.1) is 5.82 Å². The standard InChI is InChI=1S/C12H16FN/c1-9(8-12(14)6-7-12)10-2-4-11(13)5-3-10/h2-5,9H,6-8,14H2,1H3. The Bertz CT molecular complexity index is 314. The second-order valence-corrected chi connectivity index (χ2v) is 4.52. The monoisotopic (exact) mass is 193 g/mol. The molecule has 2 rings (SSSR count). The van der Waals surface area contributed by atoms with E-state index in [9.17, 15) is 4.39 Å². The van der Waals surface area contributed by atoms with Gasteiger partial charge in [-0.15, -0.1) is 0 Å². The maximum Gasteiger partial charge on any atom is 0.123 e. The summed E-state index contributed by atoms with van der Waals surface area (Å²) >= 11 is 0. The van der Waals surface area contributed by atoms with Gasteiger partial charge in [0.1, 0.15) is 5.82 Å². The van der Waals surface area contributed by atoms with Crippen molar-refractivity contribution < 1.29 is 4.39 Å². The normalized spacial score (nSPS) is 20.5. The highest BCUT2D eigenvalue weighted by atomic mass is 19.1. The fourth-order valence-electron chi connectivity index (χ4n) is 1.88. The topological polar surface area (TPSA) is 26.0 Å². The summed E-state index contributed by atoms with van der Waals surface area (Å²) in [6.07, 6.45) is 3.29. The molecule has 1 aromatic rings. The van der Waals surface area contributed by atoms with E-state index in [1.54, 1.807) is 0 Å². The van der Waals surface area contributed by atoms with Crippen LogP contribution in [0.15, 0.2) is 24.3 Å². The lowest BCUT2D eigenvalue weighted by Gasteiger charge is -2.16. The minimum atomic E-state index is -0.171. The average Bonchev–Trinajstić information content (AvgIpc) is 2.84. The van der Waals surface area contributed by atoms with Crippen LogP contribution in [0.4, 0.5) is 4.39 Å². The molecule has 0 bridgehead atoms. The lowest BCUT2D eigenvalue weighted by molar-refractivity contribution is 0.541. The largest absolute Gasteiger partial charge is 0.325 e. The number of nitrogens with two attached hydrogens (primary N) is 1. The van der Waals surface area contributed by atoms with Crippen LogP contribution in [-0.2, 0) is 0 Å². The van der Waals surface area contributed by atoms with Gasteiger partial charge in [0.2, 0.25) is 0 Å². The molecule has 14 heavy (non-hydrogen) atoms. The molecule has 2 N–H and O–H groups in total. The average molecular weight is 193 g/mol. The van der Waals surface area contributed by atoms with Crippen LogP contribution in [-0.4, -0.2) is 5.54 Å². The molecule has 1 aromatic carbocycles. The molecular formula is C12H16FN. The van der Waals surface area contributed by atoms with Crippen LogP contribution in [0.1, 0.15) is 37.7 Å². The van der Waals surface area contributed by atoms with E-state index >= 15 is 0 Å². The smallest absolute Gasteiger partial charge is 0.123 e. The third-order valence-electron chi connectivity index (χ3n) is 3.04. The van der Waals surface area contributed by atoms with Crippen molar-refractivity contribution in [2.45, 2.75) is 37.6 Å². The van der Waals surface area contributed by atoms with Gasteiger partial charge in [-0.2, -0.15) is 0 Å². The van der Waals surface area contributed by atoms with Crippen molar-refractivity contribution in [3.63, 3.8) is 0 Å². The van der Waals surface area contributed by atoms with Gasteiger partial charge in [0.25, 0.3) is 0 Å². The molecule has 1 fully saturated rings. The number of hydrogen-bond acceptors (Lipinski definition) is 1. The zero-order chi connectivity index (χ0) is 10.2. The second-order valence-electron chi connectivity index (χ2n) is 4.52. The van der Waals surface area contributed by atoms with Gasteiger partial charge in [0.05, 0.1) is 0 Å². The highest BCUT2D eigenvalue weighted by Gasteiger charge is 2.39. The third-order valence-corrected chi connectivity index (χ3v) is 3.04. The predicted molar refractivity (Wildman–Crippen MR) is 55.6 cm³/mol. The van der Waals surface area contributed by atoms with E-state index < -0.39 is 0 Å². The van der Waals surface area contributed by atoms with Crippen molar-refractivity contribution in [3.8, 4) is 0 Å². The van der Waals surface area contributed by atoms with Gasteiger partial charge in [-0.1, -0.05) is 19.1 Å². The zero-order valence-electron chi connectivity index (χ0n) is 8.46. The van der Waals surface area contributed by atoms with E-state index in [0.29, 0.717) is 5.92 Å². The Morgan fingerprint density at radius 2 is 1.93 bits per heavy atom. The Morgan fingerprint density at radius 3 is 2.43 bits per heavy atom. The van der Waals surface area contributed by atoms with Gasteiger partial charge in [-0.05, 0) is 42.9 Å². The second kappa shape index (κ2) is 3.35. The fourth-order valence-corrected chi connectivity index (χ4v) is 1.88. The van der Waals surface area contributed by atoms with Crippen LogP contribution in [0.25, 0.3) is 0 Å². The van der Waals surface area contributed by atoms with E-state index in [1.165, 1.54) is 17.7 Å². The number of benzene rings is 1. The van der Waals surface area contributed by atoms with Crippen LogP contribution in [0.5, 0.6) is 0 Å². The first-order valence-corrected chi connectivity index (χ1v) is 5.13. The van der Waals surface area contributed by atoms with Crippen LogP contribution >= 0.6 is 0 Å². The Kier molecular flexibility index (Phi) is 2.31. The van der Waals surface area contributed by atoms with Gasteiger partial charge in [0, 0.05) is 5.54 Å². The van der Waals surface area contributed by atoms with Gasteiger partial charge < -0.3 is 5.73 Å². The Morgan fingerprint density at radius 1 is 1.36 bits per heavy atom. The lowest BCUT2D eigenvalue weighted by Crippen LogP contribution is -2.23. The molecule has 2 heteroatoms. The quantitative estimate of drug-likeness (QED) is 0.784. The highest BCUT2D eigenvalue weighted by Crippen LogP contribution is 2.40. The first-order chi connectivity index (χ1) is 6.59. The first kappa shape index (κ1) is 9.66. The van der Waals surface area contributed by atoms with Crippen LogP contribution in [0.3, 0.4) is 0 Å². The maximum absolute atomic E-state index is 12.7. The SMILES string of the molecule is CC(CC1(N)CC1)c1ccc(F)cc1. The molecule has 0 aliphatic heterocycles. The predicted octanol–water partition coefficient (Wildman–Crippen LogP) is 2.81. The molecule has 0 amide bonds. The van der Waals surface area contributed by atoms with Crippen molar-refractivity contribution in [1.82, 2.24) is 0 Å². The summed E-state index contributed by atoms with van der Waals surface area (Å²) in [5, 5.41) is 0. The van der Waals surface area contributed by atoms with Gasteiger partial charge in [-0.25, -0.2) is 4.39 Å². The molecule has 1 aliphatic carbocycles. The summed E-state index contributed by atoms with van der Waals surface area (Å²) in [6.45, 7) is 2.15. The molecule has 0 radical (unpaired) electrons. The summed E-state index contributed by atoms with van der Waals surface area (Å²) in [5.41, 5.74) is 7.30. The Balaban J connectivity index is 2.03. The minimum absolute atomic E-state index is 0.0772. The van der Waals surface area contributed by atoms with Crippen molar-refractivity contribution in [2.24, 2.45) is 5.73 Å². The van der Waals surface area contributed by atoms with Gasteiger partial charge >= 0.3 is 0 Å². The van der Waals surface area contributed by atoms with E-state index in [0.717, 1.165) is 19.3 Å². The van der Waals surface area contributed by atoms with E-state index in [2.05, 4.69) is 6.92 Å². The zero-order valence-corrected chi connectivity index (χ0v) is 8.46. The first-order valence-electron chi connectivity index (χ1n) is 5.13. The molecule has 0 heterocycles. The molecule has 1 nitrogen and oxygen atoms in total. The lowest BCUT2D eigenvalue weighted by atomic mass is 9.93. The van der Waals surface area contributed by atoms with Crippen molar-refractivity contribution in [2.75, 3.05) is 0 Å². The molecule has 1 aliphatic rings. The fraction of sp³-hybridized carbons (Fsp3) is 0.500. The minimum Gasteiger partial charge on any atom is -0.325 e. The maximum atomic E-state index is 12.7. The highest BCUT2D eigenvalue weighted by molar-refractivity contribution is 5.21. The van der Waals surface area contributed by atoms with Gasteiger partial charge in [-0.3, -0.25) is 0 Å². The summed E-state index contributed by atoms with van der Waals surface area (Å²) in [7, 11) is 0.